The number of benzene rings is 1. The van der Waals surface area contributed by atoms with E-state index < -0.39 is 17.7 Å². The molecule has 90 valence electrons. The van der Waals surface area contributed by atoms with Gasteiger partial charge in [0, 0.05) is 10.4 Å². The number of halogens is 4. The van der Waals surface area contributed by atoms with Crippen molar-refractivity contribution in [3.8, 4) is 0 Å². The largest absolute Gasteiger partial charge is 0.383 e. The van der Waals surface area contributed by atoms with Gasteiger partial charge < -0.3 is 5.11 Å². The number of hydrogen-bond acceptors (Lipinski definition) is 2. The molecule has 0 spiro atoms. The van der Waals surface area contributed by atoms with Gasteiger partial charge in [-0.1, -0.05) is 17.7 Å². The second-order valence-electron chi connectivity index (χ2n) is 3.31. The molecule has 0 aliphatic rings. The first-order chi connectivity index (χ1) is 8.00. The normalized spacial score (nSPS) is 12.8. The van der Waals surface area contributed by atoms with Crippen molar-refractivity contribution in [3.05, 3.63) is 55.1 Å². The molecule has 2 aromatic rings. The predicted octanol–water partition coefficient (Wildman–Crippen LogP) is 4.52. The molecule has 0 saturated carbocycles. The minimum Gasteiger partial charge on any atom is -0.383 e. The third kappa shape index (κ3) is 2.52. The van der Waals surface area contributed by atoms with Crippen molar-refractivity contribution in [2.45, 2.75) is 6.10 Å². The first-order valence-corrected chi connectivity index (χ1v) is 6.56. The summed E-state index contributed by atoms with van der Waals surface area (Å²) in [5.74, 6) is -1.97. The molecule has 1 aromatic carbocycles. The molecular formula is C11H6BrClF2OS. The van der Waals surface area contributed by atoms with Gasteiger partial charge in [-0.3, -0.25) is 0 Å². The predicted molar refractivity (Wildman–Crippen MR) is 67.4 cm³/mol. The molecule has 6 heteroatoms. The Morgan fingerprint density at radius 1 is 1.24 bits per heavy atom. The Morgan fingerprint density at radius 3 is 2.53 bits per heavy atom. The lowest BCUT2D eigenvalue weighted by Gasteiger charge is -2.11. The maximum atomic E-state index is 13.3. The molecule has 17 heavy (non-hydrogen) atoms. The third-order valence-corrected chi connectivity index (χ3v) is 4.31. The molecule has 0 fully saturated rings. The molecule has 0 saturated heterocycles. The second kappa shape index (κ2) is 5.02. The van der Waals surface area contributed by atoms with Gasteiger partial charge in [0.05, 0.1) is 8.81 Å². The molecule has 1 nitrogen and oxygen atoms in total. The summed E-state index contributed by atoms with van der Waals surface area (Å²) in [6, 6.07) is 5.60. The van der Waals surface area contributed by atoms with Crippen LogP contribution in [0.4, 0.5) is 8.78 Å². The smallest absolute Gasteiger partial charge is 0.173 e. The molecule has 1 atom stereocenters. The Bertz CT molecular complexity index is 558. The fourth-order valence-corrected chi connectivity index (χ4v) is 2.99. The van der Waals surface area contributed by atoms with Crippen LogP contribution >= 0.6 is 38.9 Å². The number of aliphatic hydroxyl groups is 1. The van der Waals surface area contributed by atoms with Crippen LogP contribution in [0.15, 0.2) is 28.7 Å². The molecule has 0 amide bonds. The number of hydrogen-bond donors (Lipinski definition) is 1. The Balaban J connectivity index is 2.44. The van der Waals surface area contributed by atoms with Gasteiger partial charge in [-0.25, -0.2) is 8.78 Å². The second-order valence-corrected chi connectivity index (χ2v) is 5.85. The highest BCUT2D eigenvalue weighted by atomic mass is 79.9. The van der Waals surface area contributed by atoms with Crippen LogP contribution in [0.5, 0.6) is 0 Å². The lowest BCUT2D eigenvalue weighted by molar-refractivity contribution is 0.222. The first-order valence-electron chi connectivity index (χ1n) is 4.57. The van der Waals surface area contributed by atoms with E-state index in [1.54, 1.807) is 12.1 Å². The van der Waals surface area contributed by atoms with Gasteiger partial charge in [-0.2, -0.15) is 0 Å². The summed E-state index contributed by atoms with van der Waals surface area (Å²) in [5, 5.41) is 10.0. The van der Waals surface area contributed by atoms with E-state index in [9.17, 15) is 13.9 Å². The van der Waals surface area contributed by atoms with Crippen LogP contribution in [0.2, 0.25) is 4.34 Å². The van der Waals surface area contributed by atoms with Crippen molar-refractivity contribution >= 4 is 38.9 Å². The SMILES string of the molecule is OC(c1ccc(Cl)s1)c1ccc(F)c(F)c1Br. The van der Waals surface area contributed by atoms with Gasteiger partial charge in [0.25, 0.3) is 0 Å². The Hall–Kier alpha value is -0.490. The highest BCUT2D eigenvalue weighted by molar-refractivity contribution is 9.10. The molecule has 0 bridgehead atoms. The van der Waals surface area contributed by atoms with Gasteiger partial charge in [0.15, 0.2) is 11.6 Å². The van der Waals surface area contributed by atoms with Gasteiger partial charge in [0.2, 0.25) is 0 Å². The highest BCUT2D eigenvalue weighted by Gasteiger charge is 2.19. The third-order valence-electron chi connectivity index (χ3n) is 2.22. The van der Waals surface area contributed by atoms with Crippen LogP contribution in [0, 0.1) is 11.6 Å². The van der Waals surface area contributed by atoms with E-state index in [0.717, 1.165) is 6.07 Å². The summed E-state index contributed by atoms with van der Waals surface area (Å²) in [6.07, 6.45) is -1.03. The van der Waals surface area contributed by atoms with Gasteiger partial charge >= 0.3 is 0 Å². The standard InChI is InChI=1S/C11H6BrClF2OS/c12-9-5(1-2-6(14)10(9)15)11(16)7-3-4-8(13)17-7/h1-4,11,16H. The van der Waals surface area contributed by atoms with E-state index >= 15 is 0 Å². The van der Waals surface area contributed by atoms with Crippen LogP contribution in [-0.4, -0.2) is 5.11 Å². The zero-order chi connectivity index (χ0) is 12.6. The average Bonchev–Trinajstić information content (AvgIpc) is 2.72. The number of aliphatic hydroxyl groups excluding tert-OH is 1. The molecule has 1 aromatic heterocycles. The number of thiophene rings is 1. The topological polar surface area (TPSA) is 20.2 Å². The Labute approximate surface area is 114 Å². The highest BCUT2D eigenvalue weighted by Crippen LogP contribution is 2.35. The summed E-state index contributed by atoms with van der Waals surface area (Å²) in [5.41, 5.74) is 0.266. The van der Waals surface area contributed by atoms with E-state index in [-0.39, 0.29) is 10.0 Å². The van der Waals surface area contributed by atoms with Gasteiger partial charge in [0.1, 0.15) is 6.10 Å². The number of rotatable bonds is 2. The van der Waals surface area contributed by atoms with Crippen molar-refractivity contribution in [1.29, 1.82) is 0 Å². The van der Waals surface area contributed by atoms with Crippen LogP contribution in [-0.2, 0) is 0 Å². The summed E-state index contributed by atoms with van der Waals surface area (Å²) < 4.78 is 26.7. The average molecular weight is 340 g/mol. The zero-order valence-corrected chi connectivity index (χ0v) is 11.4. The fraction of sp³-hybridized carbons (Fsp3) is 0.0909. The van der Waals surface area contributed by atoms with Crippen LogP contribution in [0.3, 0.4) is 0 Å². The van der Waals surface area contributed by atoms with E-state index in [0.29, 0.717) is 9.21 Å². The molecule has 2 rings (SSSR count). The zero-order valence-electron chi connectivity index (χ0n) is 8.25. The minimum absolute atomic E-state index is 0.0745. The molecule has 1 unspecified atom stereocenters. The van der Waals surface area contributed by atoms with Crippen molar-refractivity contribution in [1.82, 2.24) is 0 Å². The minimum atomic E-state index is -1.03. The van der Waals surface area contributed by atoms with Crippen LogP contribution < -0.4 is 0 Å². The van der Waals surface area contributed by atoms with E-state index in [2.05, 4.69) is 15.9 Å². The molecule has 1 N–H and O–H groups in total. The maximum absolute atomic E-state index is 13.3. The Kier molecular flexibility index (Phi) is 3.82. The quantitative estimate of drug-likeness (QED) is 0.797. The van der Waals surface area contributed by atoms with Crippen LogP contribution in [0.1, 0.15) is 16.5 Å². The van der Waals surface area contributed by atoms with Gasteiger partial charge in [-0.05, 0) is 34.1 Å². The van der Waals surface area contributed by atoms with Crippen molar-refractivity contribution in [2.75, 3.05) is 0 Å². The monoisotopic (exact) mass is 338 g/mol. The molecule has 0 aliphatic carbocycles. The molecular weight excluding hydrogens is 334 g/mol. The molecule has 1 heterocycles. The lowest BCUT2D eigenvalue weighted by atomic mass is 10.1. The maximum Gasteiger partial charge on any atom is 0.173 e. The van der Waals surface area contributed by atoms with E-state index in [4.69, 9.17) is 11.6 Å². The first kappa shape index (κ1) is 13.0. The van der Waals surface area contributed by atoms with E-state index in [1.807, 2.05) is 0 Å². The lowest BCUT2D eigenvalue weighted by Crippen LogP contribution is -2.01. The van der Waals surface area contributed by atoms with E-state index in [1.165, 1.54) is 17.4 Å². The van der Waals surface area contributed by atoms with Gasteiger partial charge in [-0.15, -0.1) is 11.3 Å². The summed E-state index contributed by atoms with van der Waals surface area (Å²) >= 11 is 9.87. The summed E-state index contributed by atoms with van der Waals surface area (Å²) in [6.45, 7) is 0. The van der Waals surface area contributed by atoms with Crippen molar-refractivity contribution < 1.29 is 13.9 Å². The van der Waals surface area contributed by atoms with Crippen molar-refractivity contribution in [2.24, 2.45) is 0 Å². The molecule has 0 aliphatic heterocycles. The summed E-state index contributed by atoms with van der Waals surface area (Å²) in [4.78, 5) is 0.571. The Morgan fingerprint density at radius 2 is 1.94 bits per heavy atom. The molecule has 0 radical (unpaired) electrons. The summed E-state index contributed by atoms with van der Waals surface area (Å²) in [7, 11) is 0. The van der Waals surface area contributed by atoms with Crippen molar-refractivity contribution in [3.63, 3.8) is 0 Å². The fourth-order valence-electron chi connectivity index (χ4n) is 1.38. The van der Waals surface area contributed by atoms with Crippen LogP contribution in [0.25, 0.3) is 0 Å².